The number of piperazine rings is 1. The second-order valence-electron chi connectivity index (χ2n) is 8.95. The van der Waals surface area contributed by atoms with Crippen LogP contribution in [0.25, 0.3) is 0 Å². The molecule has 0 bridgehead atoms. The van der Waals surface area contributed by atoms with E-state index in [0.29, 0.717) is 87.3 Å². The van der Waals surface area contributed by atoms with Crippen molar-refractivity contribution in [2.75, 3.05) is 73.7 Å². The maximum Gasteiger partial charge on any atom is 0.254 e. The fourth-order valence-corrected chi connectivity index (χ4v) is 4.75. The number of rotatable bonds is 8. The molecular weight excluding hydrogens is 472 g/mol. The summed E-state index contributed by atoms with van der Waals surface area (Å²) >= 11 is 0. The highest BCUT2D eigenvalue weighted by atomic mass is 19.2. The van der Waals surface area contributed by atoms with Gasteiger partial charge in [-0.05, 0) is 18.2 Å². The first-order chi connectivity index (χ1) is 17.4. The summed E-state index contributed by atoms with van der Waals surface area (Å²) in [6.07, 6.45) is -0.0345. The van der Waals surface area contributed by atoms with Gasteiger partial charge in [0, 0.05) is 63.5 Å². The number of halogens is 2. The molecule has 2 heterocycles. The fourth-order valence-electron chi connectivity index (χ4n) is 4.75. The van der Waals surface area contributed by atoms with Gasteiger partial charge in [-0.3, -0.25) is 14.6 Å². The number of carbonyl (C=O) groups excluding carboxylic acids is 1. The molecule has 2 saturated heterocycles. The number of methoxy groups -OCH3 is 3. The summed E-state index contributed by atoms with van der Waals surface area (Å²) in [4.78, 5) is 19.4. The van der Waals surface area contributed by atoms with Crippen LogP contribution in [-0.4, -0.2) is 100 Å². The average molecular weight is 506 g/mol. The summed E-state index contributed by atoms with van der Waals surface area (Å²) in [6, 6.07) is 7.62. The molecule has 0 aromatic heterocycles. The summed E-state index contributed by atoms with van der Waals surface area (Å²) in [5.74, 6) is -0.370. The smallest absolute Gasteiger partial charge is 0.254 e. The molecule has 0 unspecified atom stereocenters. The van der Waals surface area contributed by atoms with Gasteiger partial charge in [0.2, 0.25) is 5.75 Å². The molecule has 2 aliphatic heterocycles. The van der Waals surface area contributed by atoms with E-state index in [0.717, 1.165) is 6.07 Å². The van der Waals surface area contributed by atoms with Gasteiger partial charge in [-0.2, -0.15) is 0 Å². The van der Waals surface area contributed by atoms with Crippen molar-refractivity contribution in [2.45, 2.75) is 12.6 Å². The molecule has 2 aliphatic rings. The number of morpholine rings is 1. The minimum atomic E-state index is -0.823. The van der Waals surface area contributed by atoms with E-state index in [4.69, 9.17) is 18.9 Å². The standard InChI is InChI=1S/C26H33F2N3O5/c1-33-22-13-19(14-23(34-2)25(22)35-3)26(32)31-9-7-29(8-10-31)16-20-17-30(11-12-36-20)15-18-5-4-6-21(27)24(18)28/h4-6,13-14,20H,7-12,15-17H2,1-3H3/t20-/m0/s1. The first-order valence-electron chi connectivity index (χ1n) is 12.0. The summed E-state index contributed by atoms with van der Waals surface area (Å²) in [5, 5.41) is 0. The first kappa shape index (κ1) is 26.1. The fraction of sp³-hybridized carbons (Fsp3) is 0.500. The third kappa shape index (κ3) is 5.88. The number of nitrogens with zero attached hydrogens (tertiary/aromatic N) is 3. The first-order valence-corrected chi connectivity index (χ1v) is 12.0. The van der Waals surface area contributed by atoms with Crippen LogP contribution in [0.2, 0.25) is 0 Å². The normalized spacial score (nSPS) is 19.2. The van der Waals surface area contributed by atoms with E-state index in [1.807, 2.05) is 4.90 Å². The molecule has 1 amide bonds. The number of hydrogen-bond acceptors (Lipinski definition) is 7. The van der Waals surface area contributed by atoms with Crippen LogP contribution < -0.4 is 14.2 Å². The highest BCUT2D eigenvalue weighted by molar-refractivity contribution is 5.95. The van der Waals surface area contributed by atoms with Crippen molar-refractivity contribution in [3.63, 3.8) is 0 Å². The molecule has 0 N–H and O–H groups in total. The van der Waals surface area contributed by atoms with Crippen molar-refractivity contribution in [1.29, 1.82) is 0 Å². The van der Waals surface area contributed by atoms with Gasteiger partial charge in [0.15, 0.2) is 23.1 Å². The lowest BCUT2D eigenvalue weighted by Gasteiger charge is -2.39. The lowest BCUT2D eigenvalue weighted by molar-refractivity contribution is -0.0499. The van der Waals surface area contributed by atoms with Crippen LogP contribution >= 0.6 is 0 Å². The Kier molecular flexibility index (Phi) is 8.60. The van der Waals surface area contributed by atoms with Crippen molar-refractivity contribution < 1.29 is 32.5 Å². The second kappa shape index (κ2) is 11.9. The van der Waals surface area contributed by atoms with Crippen LogP contribution in [0.3, 0.4) is 0 Å². The maximum atomic E-state index is 14.1. The molecule has 10 heteroatoms. The molecule has 2 aromatic carbocycles. The van der Waals surface area contributed by atoms with Gasteiger partial charge in [0.1, 0.15) is 0 Å². The Morgan fingerprint density at radius 2 is 1.67 bits per heavy atom. The van der Waals surface area contributed by atoms with Gasteiger partial charge in [-0.1, -0.05) is 12.1 Å². The van der Waals surface area contributed by atoms with Gasteiger partial charge in [-0.25, -0.2) is 8.78 Å². The Morgan fingerprint density at radius 3 is 2.31 bits per heavy atom. The van der Waals surface area contributed by atoms with Crippen LogP contribution in [0, 0.1) is 11.6 Å². The molecule has 196 valence electrons. The number of ether oxygens (including phenoxy) is 4. The molecule has 8 nitrogen and oxygen atoms in total. The Labute approximate surface area is 210 Å². The summed E-state index contributed by atoms with van der Waals surface area (Å²) in [7, 11) is 4.57. The molecule has 0 aliphatic carbocycles. The van der Waals surface area contributed by atoms with E-state index in [9.17, 15) is 13.6 Å². The van der Waals surface area contributed by atoms with Crippen molar-refractivity contribution in [1.82, 2.24) is 14.7 Å². The van der Waals surface area contributed by atoms with E-state index in [1.54, 1.807) is 18.2 Å². The van der Waals surface area contributed by atoms with Gasteiger partial charge >= 0.3 is 0 Å². The number of carbonyl (C=O) groups is 1. The van der Waals surface area contributed by atoms with Crippen molar-refractivity contribution >= 4 is 5.91 Å². The van der Waals surface area contributed by atoms with Crippen LogP contribution in [-0.2, 0) is 11.3 Å². The van der Waals surface area contributed by atoms with E-state index in [2.05, 4.69) is 9.80 Å². The Hall–Kier alpha value is -2.95. The Balaban J connectivity index is 1.30. The van der Waals surface area contributed by atoms with Crippen molar-refractivity contribution in [2.24, 2.45) is 0 Å². The largest absolute Gasteiger partial charge is 0.493 e. The molecule has 1 atom stereocenters. The van der Waals surface area contributed by atoms with Crippen LogP contribution in [0.15, 0.2) is 30.3 Å². The SMILES string of the molecule is COc1cc(C(=O)N2CCN(C[C@H]3CN(Cc4cccc(F)c4F)CCO3)CC2)cc(OC)c1OC. The second-order valence-corrected chi connectivity index (χ2v) is 8.95. The molecule has 4 rings (SSSR count). The zero-order chi connectivity index (χ0) is 25.7. The zero-order valence-corrected chi connectivity index (χ0v) is 21.0. The van der Waals surface area contributed by atoms with Crippen LogP contribution in [0.5, 0.6) is 17.2 Å². The average Bonchev–Trinajstić information content (AvgIpc) is 2.90. The molecular formula is C26H33F2N3O5. The topological polar surface area (TPSA) is 63.7 Å². The van der Waals surface area contributed by atoms with Crippen LogP contribution in [0.4, 0.5) is 8.78 Å². The lowest BCUT2D eigenvalue weighted by atomic mass is 10.1. The Bertz CT molecular complexity index is 1040. The third-order valence-corrected chi connectivity index (χ3v) is 6.68. The summed E-state index contributed by atoms with van der Waals surface area (Å²) in [5.41, 5.74) is 0.836. The molecule has 2 aromatic rings. The van der Waals surface area contributed by atoms with Gasteiger partial charge < -0.3 is 23.8 Å². The van der Waals surface area contributed by atoms with E-state index < -0.39 is 11.6 Å². The highest BCUT2D eigenvalue weighted by Gasteiger charge is 2.28. The Morgan fingerprint density at radius 1 is 0.972 bits per heavy atom. The number of benzene rings is 2. The number of amides is 1. The maximum absolute atomic E-state index is 14.1. The molecule has 2 fully saturated rings. The third-order valence-electron chi connectivity index (χ3n) is 6.68. The minimum absolute atomic E-state index is 0.0345. The predicted molar refractivity (Wildman–Crippen MR) is 130 cm³/mol. The molecule has 0 radical (unpaired) electrons. The lowest BCUT2D eigenvalue weighted by Crippen LogP contribution is -2.53. The van der Waals surface area contributed by atoms with Gasteiger partial charge in [0.05, 0.1) is 34.0 Å². The van der Waals surface area contributed by atoms with Gasteiger partial charge in [-0.15, -0.1) is 0 Å². The van der Waals surface area contributed by atoms with Gasteiger partial charge in [0.25, 0.3) is 5.91 Å². The summed E-state index contributed by atoms with van der Waals surface area (Å²) < 4.78 is 49.7. The molecule has 0 spiro atoms. The monoisotopic (exact) mass is 505 g/mol. The number of hydrogen-bond donors (Lipinski definition) is 0. The minimum Gasteiger partial charge on any atom is -0.493 e. The van der Waals surface area contributed by atoms with E-state index in [1.165, 1.54) is 27.4 Å². The quantitative estimate of drug-likeness (QED) is 0.547. The molecule has 36 heavy (non-hydrogen) atoms. The highest BCUT2D eigenvalue weighted by Crippen LogP contribution is 2.38. The van der Waals surface area contributed by atoms with Crippen molar-refractivity contribution in [3.05, 3.63) is 53.1 Å². The van der Waals surface area contributed by atoms with E-state index in [-0.39, 0.29) is 12.0 Å². The van der Waals surface area contributed by atoms with E-state index >= 15 is 0 Å². The zero-order valence-electron chi connectivity index (χ0n) is 21.0. The summed E-state index contributed by atoms with van der Waals surface area (Å²) in [6.45, 7) is 5.52. The predicted octanol–water partition coefficient (Wildman–Crippen LogP) is 2.65. The van der Waals surface area contributed by atoms with Crippen LogP contribution in [0.1, 0.15) is 15.9 Å². The van der Waals surface area contributed by atoms with Crippen molar-refractivity contribution in [3.8, 4) is 17.2 Å². The molecule has 0 saturated carbocycles.